The van der Waals surface area contributed by atoms with E-state index < -0.39 is 5.97 Å². The quantitative estimate of drug-likeness (QED) is 0.459. The van der Waals surface area contributed by atoms with Gasteiger partial charge in [0.1, 0.15) is 5.75 Å². The predicted molar refractivity (Wildman–Crippen MR) is 43.8 cm³/mol. The first-order valence-corrected chi connectivity index (χ1v) is 3.84. The van der Waals surface area contributed by atoms with Gasteiger partial charge in [-0.2, -0.15) is 0 Å². The van der Waals surface area contributed by atoms with E-state index >= 15 is 0 Å². The van der Waals surface area contributed by atoms with Crippen LogP contribution in [0.1, 0.15) is 11.1 Å². The van der Waals surface area contributed by atoms with Crippen molar-refractivity contribution in [1.29, 1.82) is 0 Å². The molecule has 1 aromatic rings. The molecule has 0 saturated heterocycles. The molecule has 0 bridgehead atoms. The highest BCUT2D eigenvalue weighted by atomic mass is 16.5. The summed E-state index contributed by atoms with van der Waals surface area (Å²) in [5.74, 6) is -0.433. The highest BCUT2D eigenvalue weighted by molar-refractivity contribution is 5.84. The van der Waals surface area contributed by atoms with Crippen molar-refractivity contribution in [2.45, 2.75) is 13.3 Å². The highest BCUT2D eigenvalue weighted by Gasteiger charge is 2.27. The minimum Gasteiger partial charge on any atom is -0.508 e. The Bertz CT molecular complexity index is 395. The van der Waals surface area contributed by atoms with Crippen LogP contribution in [0.2, 0.25) is 0 Å². The van der Waals surface area contributed by atoms with Gasteiger partial charge in [0.25, 0.3) is 0 Å². The van der Waals surface area contributed by atoms with E-state index in [0.717, 1.165) is 0 Å². The van der Waals surface area contributed by atoms with Crippen molar-refractivity contribution in [3.05, 3.63) is 17.2 Å². The molecule has 0 fully saturated rings. The minimum absolute atomic E-state index is 0.0189. The lowest BCUT2D eigenvalue weighted by Crippen LogP contribution is -2.00. The molecule has 0 spiro atoms. The Kier molecular flexibility index (Phi) is 1.45. The molecule has 1 aromatic carbocycles. The maximum atomic E-state index is 10.9. The summed E-state index contributed by atoms with van der Waals surface area (Å²) in [5.41, 5.74) is 1.15. The number of rotatable bonds is 0. The summed E-state index contributed by atoms with van der Waals surface area (Å²) in [6.45, 7) is 1.68. The summed E-state index contributed by atoms with van der Waals surface area (Å²) in [4.78, 5) is 10.9. The fraction of sp³-hybridized carbons (Fsp3) is 0.222. The highest BCUT2D eigenvalue weighted by Crippen LogP contribution is 2.41. The molecule has 0 radical (unpaired) electrons. The van der Waals surface area contributed by atoms with Crippen molar-refractivity contribution in [1.82, 2.24) is 0 Å². The smallest absolute Gasteiger partial charge is 0.315 e. The normalized spacial score (nSPS) is 14.1. The first kappa shape index (κ1) is 7.91. The average molecular weight is 180 g/mol. The monoisotopic (exact) mass is 180 g/mol. The van der Waals surface area contributed by atoms with Crippen molar-refractivity contribution in [2.75, 3.05) is 0 Å². The predicted octanol–water partition coefficient (Wildman–Crippen LogP) is 0.868. The summed E-state index contributed by atoms with van der Waals surface area (Å²) in [7, 11) is 0. The lowest BCUT2D eigenvalue weighted by atomic mass is 10.0. The molecule has 68 valence electrons. The molecule has 0 aromatic heterocycles. The molecule has 1 aliphatic heterocycles. The number of ether oxygens (including phenoxy) is 1. The van der Waals surface area contributed by atoms with Crippen molar-refractivity contribution in [3.8, 4) is 17.2 Å². The molecule has 4 nitrogen and oxygen atoms in total. The van der Waals surface area contributed by atoms with Crippen molar-refractivity contribution < 1.29 is 19.7 Å². The first-order valence-electron chi connectivity index (χ1n) is 3.84. The number of carbonyl (C=O) groups excluding carboxylic acids is 1. The molecule has 2 N–H and O–H groups in total. The third-order valence-electron chi connectivity index (χ3n) is 2.15. The van der Waals surface area contributed by atoms with Gasteiger partial charge in [0.05, 0.1) is 6.42 Å². The van der Waals surface area contributed by atoms with E-state index in [1.807, 2.05) is 0 Å². The molecule has 4 heteroatoms. The molecule has 0 unspecified atom stereocenters. The first-order chi connectivity index (χ1) is 6.09. The van der Waals surface area contributed by atoms with Crippen LogP contribution in [0.3, 0.4) is 0 Å². The van der Waals surface area contributed by atoms with E-state index in [1.54, 1.807) is 6.92 Å². The van der Waals surface area contributed by atoms with Gasteiger partial charge in [0.15, 0.2) is 11.5 Å². The fourth-order valence-corrected chi connectivity index (χ4v) is 1.40. The van der Waals surface area contributed by atoms with Crippen LogP contribution < -0.4 is 4.74 Å². The summed E-state index contributed by atoms with van der Waals surface area (Å²) in [5, 5.41) is 18.6. The molecule has 0 aliphatic carbocycles. The Morgan fingerprint density at radius 1 is 1.38 bits per heavy atom. The molecule has 1 aliphatic rings. The summed E-state index contributed by atoms with van der Waals surface area (Å²) < 4.78 is 4.77. The number of aromatic hydroxyl groups is 2. The SMILES string of the molecule is Cc1c(O)cc(O)c2c1CC(=O)O2. The molecular formula is C9H8O4. The molecule has 0 saturated carbocycles. The zero-order valence-electron chi connectivity index (χ0n) is 7.00. The maximum absolute atomic E-state index is 10.9. The van der Waals surface area contributed by atoms with Gasteiger partial charge in [0.2, 0.25) is 0 Å². The van der Waals surface area contributed by atoms with E-state index in [1.165, 1.54) is 6.07 Å². The second-order valence-corrected chi connectivity index (χ2v) is 3.00. The van der Waals surface area contributed by atoms with Crippen LogP contribution >= 0.6 is 0 Å². The van der Waals surface area contributed by atoms with Crippen LogP contribution in [0.15, 0.2) is 6.07 Å². The standard InChI is InChI=1S/C9H8O4/c1-4-5-2-8(12)13-9(5)7(11)3-6(4)10/h3,10-11H,2H2,1H3. The van der Waals surface area contributed by atoms with E-state index in [-0.39, 0.29) is 23.7 Å². The number of carbonyl (C=O) groups is 1. The third-order valence-corrected chi connectivity index (χ3v) is 2.15. The van der Waals surface area contributed by atoms with Gasteiger partial charge in [-0.05, 0) is 12.5 Å². The number of benzene rings is 1. The summed E-state index contributed by atoms with van der Waals surface area (Å²) in [6, 6.07) is 1.17. The van der Waals surface area contributed by atoms with Gasteiger partial charge in [-0.1, -0.05) is 0 Å². The number of phenols is 2. The third kappa shape index (κ3) is 1.02. The van der Waals surface area contributed by atoms with Crippen LogP contribution in [-0.4, -0.2) is 16.2 Å². The van der Waals surface area contributed by atoms with Gasteiger partial charge in [-0.15, -0.1) is 0 Å². The van der Waals surface area contributed by atoms with Crippen molar-refractivity contribution >= 4 is 5.97 Å². The van der Waals surface area contributed by atoms with Crippen molar-refractivity contribution in [3.63, 3.8) is 0 Å². The Labute approximate surface area is 74.4 Å². The van der Waals surface area contributed by atoms with Crippen LogP contribution in [0.5, 0.6) is 17.2 Å². The van der Waals surface area contributed by atoms with Gasteiger partial charge in [-0.25, -0.2) is 0 Å². The zero-order valence-corrected chi connectivity index (χ0v) is 7.00. The lowest BCUT2D eigenvalue weighted by molar-refractivity contribution is -0.131. The van der Waals surface area contributed by atoms with Crippen LogP contribution in [-0.2, 0) is 11.2 Å². The summed E-state index contributed by atoms with van der Waals surface area (Å²) >= 11 is 0. The molecule has 1 heterocycles. The second-order valence-electron chi connectivity index (χ2n) is 3.00. The Balaban J connectivity index is 2.69. The lowest BCUT2D eigenvalue weighted by Gasteiger charge is -2.05. The Morgan fingerprint density at radius 3 is 2.77 bits per heavy atom. The maximum Gasteiger partial charge on any atom is 0.315 e. The second kappa shape index (κ2) is 2.39. The molecule has 0 amide bonds. The number of hydrogen-bond donors (Lipinski definition) is 2. The number of fused-ring (bicyclic) bond motifs is 1. The van der Waals surface area contributed by atoms with Gasteiger partial charge < -0.3 is 14.9 Å². The number of esters is 1. The number of phenolic OH excluding ortho intramolecular Hbond substituents is 2. The minimum atomic E-state index is -0.404. The Morgan fingerprint density at radius 2 is 2.08 bits per heavy atom. The van der Waals surface area contributed by atoms with E-state index in [2.05, 4.69) is 0 Å². The Hall–Kier alpha value is -1.71. The molecule has 2 rings (SSSR count). The largest absolute Gasteiger partial charge is 0.508 e. The van der Waals surface area contributed by atoms with Crippen LogP contribution in [0, 0.1) is 6.92 Å². The number of hydrogen-bond acceptors (Lipinski definition) is 4. The van der Waals surface area contributed by atoms with E-state index in [0.29, 0.717) is 11.1 Å². The summed E-state index contributed by atoms with van der Waals surface area (Å²) in [6.07, 6.45) is 0.114. The van der Waals surface area contributed by atoms with Gasteiger partial charge >= 0.3 is 5.97 Å². The average Bonchev–Trinajstić information content (AvgIpc) is 2.44. The topological polar surface area (TPSA) is 66.8 Å². The zero-order chi connectivity index (χ0) is 9.59. The van der Waals surface area contributed by atoms with Gasteiger partial charge in [0, 0.05) is 11.6 Å². The molecule has 13 heavy (non-hydrogen) atoms. The fourth-order valence-electron chi connectivity index (χ4n) is 1.40. The van der Waals surface area contributed by atoms with Crippen molar-refractivity contribution in [2.24, 2.45) is 0 Å². The van der Waals surface area contributed by atoms with Crippen LogP contribution in [0.25, 0.3) is 0 Å². The molecular weight excluding hydrogens is 172 g/mol. The van der Waals surface area contributed by atoms with Gasteiger partial charge in [-0.3, -0.25) is 4.79 Å². The van der Waals surface area contributed by atoms with E-state index in [4.69, 9.17) is 4.74 Å². The van der Waals surface area contributed by atoms with E-state index in [9.17, 15) is 15.0 Å². The molecule has 0 atom stereocenters. The van der Waals surface area contributed by atoms with Crippen LogP contribution in [0.4, 0.5) is 0 Å².